The van der Waals surface area contributed by atoms with Crippen molar-refractivity contribution in [3.63, 3.8) is 0 Å². The van der Waals surface area contributed by atoms with Gasteiger partial charge in [-0.25, -0.2) is 4.79 Å². The van der Waals surface area contributed by atoms with E-state index in [0.717, 1.165) is 0 Å². The van der Waals surface area contributed by atoms with Gasteiger partial charge in [0.1, 0.15) is 5.75 Å². The second kappa shape index (κ2) is 4.19. The Morgan fingerprint density at radius 3 is 2.64 bits per heavy atom. The molecule has 0 aromatic heterocycles. The van der Waals surface area contributed by atoms with Gasteiger partial charge in [0.25, 0.3) is 5.09 Å². The Bertz CT molecular complexity index is 365. The summed E-state index contributed by atoms with van der Waals surface area (Å²) in [5.74, 6) is 3.51. The quantitative estimate of drug-likeness (QED) is 0.552. The average molecular weight is 198 g/mol. The van der Waals surface area contributed by atoms with Crippen LogP contribution in [-0.2, 0) is 4.84 Å². The molecule has 0 saturated heterocycles. The fourth-order valence-corrected chi connectivity index (χ4v) is 0.859. The van der Waals surface area contributed by atoms with E-state index in [4.69, 9.17) is 0 Å². The van der Waals surface area contributed by atoms with Gasteiger partial charge in [0.2, 0.25) is 0 Å². The first-order valence-electron chi connectivity index (χ1n) is 3.47. The van der Waals surface area contributed by atoms with E-state index in [-0.39, 0.29) is 11.3 Å². The van der Waals surface area contributed by atoms with Crippen LogP contribution in [0.15, 0.2) is 24.3 Å². The molecular weight excluding hydrogens is 192 g/mol. The lowest BCUT2D eigenvalue weighted by molar-refractivity contribution is -0.711. The van der Waals surface area contributed by atoms with Crippen molar-refractivity contribution in [3.05, 3.63) is 39.9 Å². The number of benzene rings is 1. The molecule has 0 spiro atoms. The number of rotatable bonds is 3. The van der Waals surface area contributed by atoms with Crippen LogP contribution < -0.4 is 10.7 Å². The molecule has 0 aliphatic heterocycles. The summed E-state index contributed by atoms with van der Waals surface area (Å²) in [6.07, 6.45) is 0. The highest BCUT2D eigenvalue weighted by Crippen LogP contribution is 2.18. The van der Waals surface area contributed by atoms with Crippen LogP contribution in [0.1, 0.15) is 10.4 Å². The first-order chi connectivity index (χ1) is 6.65. The van der Waals surface area contributed by atoms with Crippen molar-refractivity contribution in [1.29, 1.82) is 0 Å². The maximum atomic E-state index is 11.0. The normalized spacial score (nSPS) is 9.21. The van der Waals surface area contributed by atoms with Crippen molar-refractivity contribution in [3.8, 4) is 5.75 Å². The number of nitrogens with two attached hydrogens (primary N) is 1. The fourth-order valence-electron chi connectivity index (χ4n) is 0.859. The topological polar surface area (TPSA) is 105 Å². The van der Waals surface area contributed by atoms with Crippen LogP contribution in [0, 0.1) is 10.1 Å². The lowest BCUT2D eigenvalue weighted by Crippen LogP contribution is -2.13. The average Bonchev–Trinajstić information content (AvgIpc) is 2.16. The van der Waals surface area contributed by atoms with E-state index in [1.807, 2.05) is 0 Å². The second-order valence-electron chi connectivity index (χ2n) is 2.22. The zero-order valence-electron chi connectivity index (χ0n) is 6.88. The number of carbonyl (C=O) groups excluding carboxylic acids is 1. The molecule has 0 unspecified atom stereocenters. The molecule has 0 amide bonds. The summed E-state index contributed by atoms with van der Waals surface area (Å²) in [4.78, 5) is 29.0. The Balaban J connectivity index is 3.02. The Morgan fingerprint density at radius 1 is 1.43 bits per heavy atom. The number of para-hydroxylation sites is 1. The molecule has 74 valence electrons. The predicted molar refractivity (Wildman–Crippen MR) is 43.7 cm³/mol. The Labute approximate surface area is 78.1 Å². The molecule has 1 aromatic rings. The molecule has 0 radical (unpaired) electrons. The first kappa shape index (κ1) is 9.93. The highest BCUT2D eigenvalue weighted by Gasteiger charge is 2.13. The predicted octanol–water partition coefficient (Wildman–Crippen LogP) is 0.288. The number of nitrogens with zero attached hydrogens (tertiary/aromatic N) is 1. The van der Waals surface area contributed by atoms with Crippen molar-refractivity contribution in [2.45, 2.75) is 0 Å². The van der Waals surface area contributed by atoms with Gasteiger partial charge in [0.05, 0.1) is 5.56 Å². The van der Waals surface area contributed by atoms with E-state index in [9.17, 15) is 14.9 Å². The molecule has 2 N–H and O–H groups in total. The highest BCUT2D eigenvalue weighted by molar-refractivity contribution is 5.92. The Hall–Kier alpha value is -2.15. The third-order valence-electron chi connectivity index (χ3n) is 1.39. The van der Waals surface area contributed by atoms with Gasteiger partial charge in [-0.2, -0.15) is 5.90 Å². The van der Waals surface area contributed by atoms with Crippen LogP contribution in [0.5, 0.6) is 5.75 Å². The van der Waals surface area contributed by atoms with E-state index in [1.54, 1.807) is 0 Å². The van der Waals surface area contributed by atoms with Crippen LogP contribution in [0.2, 0.25) is 0 Å². The van der Waals surface area contributed by atoms with E-state index in [1.165, 1.54) is 24.3 Å². The molecule has 14 heavy (non-hydrogen) atoms. The smallest absolute Gasteiger partial charge is 0.358 e. The SMILES string of the molecule is NOC(=O)c1ccccc1O[N+](=O)[O-]. The molecule has 1 rings (SSSR count). The van der Waals surface area contributed by atoms with Crippen LogP contribution in [-0.4, -0.2) is 11.1 Å². The zero-order valence-corrected chi connectivity index (χ0v) is 6.88. The largest absolute Gasteiger partial charge is 0.370 e. The highest BCUT2D eigenvalue weighted by atomic mass is 17.0. The van der Waals surface area contributed by atoms with Gasteiger partial charge in [-0.1, -0.05) is 12.1 Å². The summed E-state index contributed by atoms with van der Waals surface area (Å²) in [5, 5.41) is 9.01. The van der Waals surface area contributed by atoms with Crippen LogP contribution in [0.3, 0.4) is 0 Å². The molecular formula is C7H6N2O5. The summed E-state index contributed by atoms with van der Waals surface area (Å²) in [7, 11) is 0. The summed E-state index contributed by atoms with van der Waals surface area (Å²) in [5.41, 5.74) is -0.105. The Morgan fingerprint density at radius 2 is 2.07 bits per heavy atom. The minimum atomic E-state index is -1.03. The standard InChI is InChI=1S/C7H6N2O5/c8-13-7(10)5-3-1-2-4-6(5)14-9(11)12/h1-4H,8H2. The second-order valence-corrected chi connectivity index (χ2v) is 2.22. The maximum absolute atomic E-state index is 11.0. The molecule has 1 aromatic carbocycles. The van der Waals surface area contributed by atoms with Crippen molar-refractivity contribution in [1.82, 2.24) is 0 Å². The summed E-state index contributed by atoms with van der Waals surface area (Å²) in [6.45, 7) is 0. The molecule has 0 aliphatic rings. The van der Waals surface area contributed by atoms with Crippen LogP contribution >= 0.6 is 0 Å². The fraction of sp³-hybridized carbons (Fsp3) is 0. The lowest BCUT2D eigenvalue weighted by Gasteiger charge is -2.03. The number of hydrogen-bond donors (Lipinski definition) is 1. The van der Waals surface area contributed by atoms with Crippen molar-refractivity contribution < 1.29 is 19.6 Å². The van der Waals surface area contributed by atoms with Gasteiger partial charge in [-0.15, -0.1) is 10.1 Å². The molecule has 0 bridgehead atoms. The van der Waals surface area contributed by atoms with Gasteiger partial charge >= 0.3 is 5.97 Å². The number of carbonyl (C=O) groups is 1. The van der Waals surface area contributed by atoms with Gasteiger partial charge < -0.3 is 4.84 Å². The van der Waals surface area contributed by atoms with Gasteiger partial charge in [-0.3, -0.25) is 4.84 Å². The molecule has 7 heteroatoms. The van der Waals surface area contributed by atoms with Gasteiger partial charge in [0.15, 0.2) is 0 Å². The summed E-state index contributed by atoms with van der Waals surface area (Å²) in [6, 6.07) is 5.54. The molecule has 0 atom stereocenters. The minimum absolute atomic E-state index is 0.105. The third-order valence-corrected chi connectivity index (χ3v) is 1.39. The molecule has 0 heterocycles. The van der Waals surface area contributed by atoms with Gasteiger partial charge in [0, 0.05) is 0 Å². The third kappa shape index (κ3) is 2.17. The van der Waals surface area contributed by atoms with E-state index in [0.29, 0.717) is 0 Å². The molecule has 0 saturated carbocycles. The number of hydrogen-bond acceptors (Lipinski definition) is 6. The lowest BCUT2D eigenvalue weighted by atomic mass is 10.2. The van der Waals surface area contributed by atoms with E-state index in [2.05, 4.69) is 15.6 Å². The van der Waals surface area contributed by atoms with Crippen LogP contribution in [0.4, 0.5) is 0 Å². The van der Waals surface area contributed by atoms with Crippen molar-refractivity contribution in [2.24, 2.45) is 5.90 Å². The summed E-state index contributed by atoms with van der Waals surface area (Å²) < 4.78 is 0. The monoisotopic (exact) mass is 198 g/mol. The van der Waals surface area contributed by atoms with E-state index < -0.39 is 11.1 Å². The van der Waals surface area contributed by atoms with Crippen molar-refractivity contribution >= 4 is 5.97 Å². The van der Waals surface area contributed by atoms with E-state index >= 15 is 0 Å². The van der Waals surface area contributed by atoms with Crippen LogP contribution in [0.25, 0.3) is 0 Å². The minimum Gasteiger partial charge on any atom is -0.370 e. The van der Waals surface area contributed by atoms with Crippen molar-refractivity contribution in [2.75, 3.05) is 0 Å². The molecule has 0 fully saturated rings. The molecule has 7 nitrogen and oxygen atoms in total. The maximum Gasteiger partial charge on any atom is 0.358 e. The van der Waals surface area contributed by atoms with Gasteiger partial charge in [-0.05, 0) is 12.1 Å². The zero-order chi connectivity index (χ0) is 10.6. The Kier molecular flexibility index (Phi) is 2.97. The molecule has 0 aliphatic carbocycles. The summed E-state index contributed by atoms with van der Waals surface area (Å²) >= 11 is 0. The first-order valence-corrected chi connectivity index (χ1v) is 3.47.